The average Bonchev–Trinajstić information content (AvgIpc) is 3.45. The summed E-state index contributed by atoms with van der Waals surface area (Å²) < 4.78 is 0. The van der Waals surface area contributed by atoms with Gasteiger partial charge in [0.2, 0.25) is 0 Å². The number of carbonyl (C=O) groups is 1. The number of aliphatic carboxylic acids is 1. The average molecular weight is 384 g/mol. The Balaban J connectivity index is 1.84. The number of H-pyrrole nitrogens is 2. The maximum Gasteiger partial charge on any atom is 0.337 e. The van der Waals surface area contributed by atoms with E-state index >= 15 is 0 Å². The zero-order valence-corrected chi connectivity index (χ0v) is 15.1. The van der Waals surface area contributed by atoms with Crippen LogP contribution in [0.2, 0.25) is 0 Å². The number of rotatable bonds is 2. The summed E-state index contributed by atoms with van der Waals surface area (Å²) in [6.07, 6.45) is 5.93. The Kier molecular flexibility index (Phi) is 3.89. The number of aliphatic hydroxyl groups is 1. The molecule has 3 aromatic heterocycles. The Morgan fingerprint density at radius 3 is 2.00 bits per heavy atom. The largest absolute Gasteiger partial charge is 0.479 e. The molecule has 0 fully saturated rings. The van der Waals surface area contributed by atoms with Crippen LogP contribution in [0, 0.1) is 0 Å². The zero-order chi connectivity index (χ0) is 20.0. The van der Waals surface area contributed by atoms with Crippen LogP contribution in [0.1, 0.15) is 34.4 Å². The van der Waals surface area contributed by atoms with E-state index in [9.17, 15) is 15.0 Å². The molecule has 0 saturated carbocycles. The summed E-state index contributed by atoms with van der Waals surface area (Å²) in [5.74, 6) is -1.31. The Morgan fingerprint density at radius 2 is 1.34 bits per heavy atom. The first-order valence-electron chi connectivity index (χ1n) is 9.03. The third-order valence-electron chi connectivity index (χ3n) is 4.73. The predicted octanol–water partition coefficient (Wildman–Crippen LogP) is 3.77. The molecule has 2 aliphatic rings. The number of aromatic amines is 2. The molecule has 29 heavy (non-hydrogen) atoms. The van der Waals surface area contributed by atoms with Crippen LogP contribution in [0.15, 0.2) is 42.5 Å². The van der Waals surface area contributed by atoms with Gasteiger partial charge in [-0.1, -0.05) is 0 Å². The lowest BCUT2D eigenvalue weighted by atomic mass is 10.1. The van der Waals surface area contributed by atoms with Crippen LogP contribution in [0.5, 0.6) is 0 Å². The van der Waals surface area contributed by atoms with Gasteiger partial charge in [0.1, 0.15) is 0 Å². The maximum absolute atomic E-state index is 11.3. The molecule has 0 amide bonds. The lowest BCUT2D eigenvalue weighted by Crippen LogP contribution is -2.09. The fourth-order valence-electron chi connectivity index (χ4n) is 3.40. The number of aromatic nitrogens is 4. The molecule has 3 aromatic rings. The van der Waals surface area contributed by atoms with E-state index in [1.807, 2.05) is 54.6 Å². The van der Waals surface area contributed by atoms with E-state index in [1.165, 1.54) is 0 Å². The van der Waals surface area contributed by atoms with Gasteiger partial charge in [-0.05, 0) is 66.8 Å². The van der Waals surface area contributed by atoms with Crippen LogP contribution >= 0.6 is 0 Å². The van der Waals surface area contributed by atoms with Crippen LogP contribution < -0.4 is 0 Å². The first-order chi connectivity index (χ1) is 14.0. The van der Waals surface area contributed by atoms with Gasteiger partial charge >= 0.3 is 5.97 Å². The number of carboxylic acids is 1. The molecule has 8 bridgehead atoms. The normalized spacial score (nSPS) is 13.6. The van der Waals surface area contributed by atoms with Crippen molar-refractivity contribution in [3.05, 3.63) is 70.8 Å². The first kappa shape index (κ1) is 17.2. The number of hydrogen-bond acceptors (Lipinski definition) is 4. The van der Waals surface area contributed by atoms with E-state index < -0.39 is 12.1 Å². The summed E-state index contributed by atoms with van der Waals surface area (Å²) in [6, 6.07) is 12.9. The minimum absolute atomic E-state index is 0.279. The van der Waals surface area contributed by atoms with E-state index in [0.717, 1.165) is 28.1 Å². The van der Waals surface area contributed by atoms with Crippen LogP contribution in [-0.4, -0.2) is 36.1 Å². The monoisotopic (exact) mass is 384 g/mol. The van der Waals surface area contributed by atoms with Crippen LogP contribution in [0.3, 0.4) is 0 Å². The van der Waals surface area contributed by atoms with Gasteiger partial charge in [0, 0.05) is 27.6 Å². The van der Waals surface area contributed by atoms with Gasteiger partial charge in [0.15, 0.2) is 6.10 Å². The molecule has 0 spiro atoms. The molecule has 0 aliphatic carbocycles. The number of aliphatic hydroxyl groups excluding tert-OH is 1. The summed E-state index contributed by atoms with van der Waals surface area (Å²) in [5.41, 5.74) is 6.20. The summed E-state index contributed by atoms with van der Waals surface area (Å²) in [4.78, 5) is 26.9. The zero-order valence-electron chi connectivity index (χ0n) is 15.1. The molecule has 0 aromatic carbocycles. The van der Waals surface area contributed by atoms with Crippen LogP contribution in [-0.2, 0) is 4.79 Å². The second-order valence-electron chi connectivity index (χ2n) is 6.87. The number of fused-ring (bicyclic) bond motifs is 8. The molecular formula is C22H16N4O3. The molecule has 2 aliphatic heterocycles. The molecule has 7 heteroatoms. The van der Waals surface area contributed by atoms with Crippen molar-refractivity contribution in [1.29, 1.82) is 0 Å². The van der Waals surface area contributed by atoms with Gasteiger partial charge in [-0.25, -0.2) is 14.8 Å². The fourth-order valence-corrected chi connectivity index (χ4v) is 3.40. The van der Waals surface area contributed by atoms with Gasteiger partial charge in [-0.15, -0.1) is 0 Å². The third-order valence-corrected chi connectivity index (χ3v) is 4.73. The smallest absolute Gasteiger partial charge is 0.337 e. The van der Waals surface area contributed by atoms with Gasteiger partial charge in [-0.2, -0.15) is 0 Å². The Hall–Kier alpha value is -3.97. The standard InChI is InChI=1S/C22H16N4O3/c27-21(22(28)29)19-10-18-9-16-4-3-14(24-16)7-12-1-2-13(23-12)8-15-5-6-17(25-15)11-20(19)26-18/h1-11,21,24,26-27H,(H,28,29). The van der Waals surface area contributed by atoms with Crippen molar-refractivity contribution in [3.63, 3.8) is 0 Å². The highest BCUT2D eigenvalue weighted by atomic mass is 16.4. The van der Waals surface area contributed by atoms with E-state index in [-0.39, 0.29) is 5.56 Å². The van der Waals surface area contributed by atoms with Crippen LogP contribution in [0.25, 0.3) is 46.4 Å². The topological polar surface area (TPSA) is 115 Å². The van der Waals surface area contributed by atoms with Crippen molar-refractivity contribution < 1.29 is 15.0 Å². The number of carboxylic acid groups (broad SMARTS) is 1. The first-order valence-corrected chi connectivity index (χ1v) is 9.03. The van der Waals surface area contributed by atoms with Crippen molar-refractivity contribution in [2.45, 2.75) is 6.10 Å². The Morgan fingerprint density at radius 1 is 0.759 bits per heavy atom. The second-order valence-corrected chi connectivity index (χ2v) is 6.87. The van der Waals surface area contributed by atoms with E-state index in [2.05, 4.69) is 19.9 Å². The number of hydrogen-bond donors (Lipinski definition) is 4. The molecule has 0 saturated heterocycles. The highest BCUT2D eigenvalue weighted by Crippen LogP contribution is 2.23. The van der Waals surface area contributed by atoms with Crippen molar-refractivity contribution in [2.75, 3.05) is 0 Å². The summed E-state index contributed by atoms with van der Waals surface area (Å²) in [6.45, 7) is 0. The minimum Gasteiger partial charge on any atom is -0.479 e. The van der Waals surface area contributed by atoms with Crippen LogP contribution in [0.4, 0.5) is 0 Å². The van der Waals surface area contributed by atoms with Crippen molar-refractivity contribution in [2.24, 2.45) is 0 Å². The minimum atomic E-state index is -1.64. The lowest BCUT2D eigenvalue weighted by molar-refractivity contribution is -0.146. The van der Waals surface area contributed by atoms with E-state index in [4.69, 9.17) is 0 Å². The predicted molar refractivity (Wildman–Crippen MR) is 111 cm³/mol. The van der Waals surface area contributed by atoms with E-state index in [0.29, 0.717) is 16.7 Å². The Bertz CT molecular complexity index is 1360. The molecule has 5 rings (SSSR count). The summed E-state index contributed by atoms with van der Waals surface area (Å²) >= 11 is 0. The second kappa shape index (κ2) is 6.57. The highest BCUT2D eigenvalue weighted by Gasteiger charge is 2.19. The van der Waals surface area contributed by atoms with Gasteiger partial charge in [0.25, 0.3) is 0 Å². The van der Waals surface area contributed by atoms with E-state index in [1.54, 1.807) is 12.1 Å². The molecule has 1 unspecified atom stereocenters. The fraction of sp³-hybridized carbons (Fsp3) is 0.0455. The molecular weight excluding hydrogens is 368 g/mol. The SMILES string of the molecule is O=C(O)C(O)c1cc2cc3ccc(cc4nc(cc5nc(cc1[nH]2)C=C5)C=C4)[nH]3. The number of nitrogens with one attached hydrogen (secondary N) is 2. The van der Waals surface area contributed by atoms with Crippen molar-refractivity contribution >= 4 is 52.3 Å². The molecule has 7 nitrogen and oxygen atoms in total. The van der Waals surface area contributed by atoms with Gasteiger partial charge in [0.05, 0.1) is 22.8 Å². The maximum atomic E-state index is 11.3. The third kappa shape index (κ3) is 3.35. The molecule has 4 N–H and O–H groups in total. The molecule has 142 valence electrons. The molecule has 0 radical (unpaired) electrons. The summed E-state index contributed by atoms with van der Waals surface area (Å²) in [7, 11) is 0. The van der Waals surface area contributed by atoms with Crippen molar-refractivity contribution in [3.8, 4) is 0 Å². The lowest BCUT2D eigenvalue weighted by Gasteiger charge is -2.02. The Labute approximate surface area is 164 Å². The van der Waals surface area contributed by atoms with Crippen molar-refractivity contribution in [1.82, 2.24) is 19.9 Å². The molecule has 1 atom stereocenters. The number of nitrogens with zero attached hydrogens (tertiary/aromatic N) is 2. The highest BCUT2D eigenvalue weighted by molar-refractivity contribution is 5.82. The summed E-state index contributed by atoms with van der Waals surface area (Å²) in [5, 5.41) is 19.4. The van der Waals surface area contributed by atoms with Gasteiger partial charge < -0.3 is 20.2 Å². The molecule has 5 heterocycles. The quantitative estimate of drug-likeness (QED) is 0.370. The van der Waals surface area contributed by atoms with Gasteiger partial charge in [-0.3, -0.25) is 0 Å².